The first kappa shape index (κ1) is 19.9. The lowest BCUT2D eigenvalue weighted by Crippen LogP contribution is -2.33. The van der Waals surface area contributed by atoms with Gasteiger partial charge in [0.2, 0.25) is 0 Å². The van der Waals surface area contributed by atoms with Crippen molar-refractivity contribution in [1.29, 1.82) is 0 Å². The smallest absolute Gasteiger partial charge is 0.322 e. The fraction of sp³-hybridized carbons (Fsp3) is 0.105. The van der Waals surface area contributed by atoms with Crippen molar-refractivity contribution in [3.63, 3.8) is 0 Å². The maximum absolute atomic E-state index is 14.1. The number of aliphatic carboxylic acids is 1. The highest BCUT2D eigenvalue weighted by Gasteiger charge is 2.22. The van der Waals surface area contributed by atoms with Crippen molar-refractivity contribution in [2.24, 2.45) is 0 Å². The highest BCUT2D eigenvalue weighted by molar-refractivity contribution is 6.03. The van der Waals surface area contributed by atoms with Gasteiger partial charge in [-0.25, -0.2) is 13.2 Å². The minimum atomic E-state index is -1.37. The van der Waals surface area contributed by atoms with Gasteiger partial charge in [0, 0.05) is 11.8 Å². The minimum Gasteiger partial charge on any atom is -0.506 e. The minimum absolute atomic E-state index is 0.0365. The summed E-state index contributed by atoms with van der Waals surface area (Å²) < 4.78 is 41.5. The summed E-state index contributed by atoms with van der Waals surface area (Å²) >= 11 is 0. The van der Waals surface area contributed by atoms with E-state index in [0.717, 1.165) is 18.2 Å². The number of amides is 1. The summed E-state index contributed by atoms with van der Waals surface area (Å²) in [7, 11) is 0. The Hall–Kier alpha value is -3.82. The lowest BCUT2D eigenvalue weighted by Gasteiger charge is -2.12. The molecule has 150 valence electrons. The van der Waals surface area contributed by atoms with Crippen LogP contribution in [0.3, 0.4) is 0 Å². The SMILES string of the molecule is O=C(O)CNC(=O)c1c(O)c2cc(F)cc(Cc3cccc(F)c3F)c2[nH]c1=O. The Kier molecular flexibility index (Phi) is 5.26. The zero-order valence-corrected chi connectivity index (χ0v) is 14.6. The van der Waals surface area contributed by atoms with Crippen molar-refractivity contribution in [3.8, 4) is 5.75 Å². The maximum atomic E-state index is 14.1. The number of carbonyl (C=O) groups excluding carboxylic acids is 1. The number of halogens is 3. The summed E-state index contributed by atoms with van der Waals surface area (Å²) in [6.45, 7) is -0.803. The summed E-state index contributed by atoms with van der Waals surface area (Å²) in [6.07, 6.45) is -0.308. The second kappa shape index (κ2) is 7.66. The van der Waals surface area contributed by atoms with Crippen LogP contribution in [0.1, 0.15) is 21.5 Å². The predicted octanol–water partition coefficient (Wildman–Crippen LogP) is 2.06. The van der Waals surface area contributed by atoms with E-state index < -0.39 is 52.7 Å². The molecule has 0 spiro atoms. The summed E-state index contributed by atoms with van der Waals surface area (Å²) in [5.41, 5.74) is -2.01. The van der Waals surface area contributed by atoms with E-state index >= 15 is 0 Å². The highest BCUT2D eigenvalue weighted by atomic mass is 19.2. The second-order valence-corrected chi connectivity index (χ2v) is 6.13. The summed E-state index contributed by atoms with van der Waals surface area (Å²) in [6, 6.07) is 5.28. The van der Waals surface area contributed by atoms with Crippen LogP contribution in [0.25, 0.3) is 10.9 Å². The molecule has 10 heteroatoms. The number of rotatable bonds is 5. The number of nitrogens with one attached hydrogen (secondary N) is 2. The first-order valence-corrected chi connectivity index (χ1v) is 8.19. The van der Waals surface area contributed by atoms with Crippen molar-refractivity contribution in [3.05, 3.63) is 74.8 Å². The van der Waals surface area contributed by atoms with Crippen LogP contribution in [0.5, 0.6) is 5.75 Å². The zero-order valence-electron chi connectivity index (χ0n) is 14.6. The molecule has 1 heterocycles. The lowest BCUT2D eigenvalue weighted by atomic mass is 9.99. The van der Waals surface area contributed by atoms with Gasteiger partial charge in [0.25, 0.3) is 11.5 Å². The summed E-state index contributed by atoms with van der Waals surface area (Å²) in [5.74, 6) is -6.51. The van der Waals surface area contributed by atoms with Crippen LogP contribution in [0.15, 0.2) is 35.1 Å². The third-order valence-electron chi connectivity index (χ3n) is 4.18. The number of carboxylic acid groups (broad SMARTS) is 1. The first-order valence-electron chi connectivity index (χ1n) is 8.19. The molecular weight excluding hydrogens is 393 g/mol. The van der Waals surface area contributed by atoms with Gasteiger partial charge in [-0.05, 0) is 29.3 Å². The molecule has 29 heavy (non-hydrogen) atoms. The molecule has 0 aliphatic rings. The Morgan fingerprint density at radius 2 is 1.83 bits per heavy atom. The van der Waals surface area contributed by atoms with E-state index in [0.29, 0.717) is 0 Å². The third kappa shape index (κ3) is 3.91. The second-order valence-electron chi connectivity index (χ2n) is 6.13. The number of fused-ring (bicyclic) bond motifs is 1. The van der Waals surface area contributed by atoms with Gasteiger partial charge >= 0.3 is 5.97 Å². The number of H-pyrrole nitrogens is 1. The van der Waals surface area contributed by atoms with Crippen molar-refractivity contribution in [2.45, 2.75) is 6.42 Å². The monoisotopic (exact) mass is 406 g/mol. The maximum Gasteiger partial charge on any atom is 0.322 e. The molecule has 0 unspecified atom stereocenters. The van der Waals surface area contributed by atoms with Crippen LogP contribution in [0, 0.1) is 17.5 Å². The number of pyridine rings is 1. The van der Waals surface area contributed by atoms with E-state index in [-0.39, 0.29) is 28.5 Å². The van der Waals surface area contributed by atoms with Gasteiger partial charge in [0.05, 0.1) is 5.52 Å². The quantitative estimate of drug-likeness (QED) is 0.517. The number of hydrogen-bond acceptors (Lipinski definition) is 4. The van der Waals surface area contributed by atoms with E-state index in [9.17, 15) is 32.7 Å². The molecule has 0 fully saturated rings. The third-order valence-corrected chi connectivity index (χ3v) is 4.18. The number of aromatic hydroxyl groups is 1. The van der Waals surface area contributed by atoms with E-state index in [2.05, 4.69) is 4.98 Å². The van der Waals surface area contributed by atoms with Crippen LogP contribution >= 0.6 is 0 Å². The predicted molar refractivity (Wildman–Crippen MR) is 95.3 cm³/mol. The molecule has 3 rings (SSSR count). The van der Waals surface area contributed by atoms with E-state index in [1.54, 1.807) is 0 Å². The van der Waals surface area contributed by atoms with Gasteiger partial charge < -0.3 is 20.5 Å². The van der Waals surface area contributed by atoms with E-state index in [1.165, 1.54) is 12.1 Å². The van der Waals surface area contributed by atoms with Crippen LogP contribution < -0.4 is 10.9 Å². The average Bonchev–Trinajstić information content (AvgIpc) is 2.65. The number of carboxylic acids is 1. The van der Waals surface area contributed by atoms with Gasteiger partial charge in [0.15, 0.2) is 11.6 Å². The van der Waals surface area contributed by atoms with Crippen molar-refractivity contribution >= 4 is 22.8 Å². The van der Waals surface area contributed by atoms with E-state index in [1.807, 2.05) is 5.32 Å². The van der Waals surface area contributed by atoms with Gasteiger partial charge in [-0.3, -0.25) is 14.4 Å². The number of hydrogen-bond donors (Lipinski definition) is 4. The number of carbonyl (C=O) groups is 2. The molecule has 7 nitrogen and oxygen atoms in total. The Labute approximate surface area is 160 Å². The summed E-state index contributed by atoms with van der Waals surface area (Å²) in [5, 5.41) is 20.6. The normalized spacial score (nSPS) is 10.9. The lowest BCUT2D eigenvalue weighted by molar-refractivity contribution is -0.135. The molecule has 4 N–H and O–H groups in total. The van der Waals surface area contributed by atoms with Gasteiger partial charge in [0.1, 0.15) is 23.7 Å². The Morgan fingerprint density at radius 1 is 1.10 bits per heavy atom. The molecule has 0 saturated carbocycles. The molecule has 0 aliphatic heterocycles. The Bertz CT molecular complexity index is 1210. The number of benzene rings is 2. The molecule has 2 aromatic carbocycles. The van der Waals surface area contributed by atoms with Gasteiger partial charge in [-0.2, -0.15) is 0 Å². The standard InChI is InChI=1S/C19H13F3N2O5/c20-10-5-9(4-8-2-1-3-12(21)15(8)22)16-11(6-10)17(27)14(19(29)24-16)18(28)23-7-13(25)26/h1-3,5-6H,4,7H2,(H,23,28)(H,25,26)(H2,24,27,29). The van der Waals surface area contributed by atoms with Crippen LogP contribution in [0.2, 0.25) is 0 Å². The molecule has 0 radical (unpaired) electrons. The molecule has 1 amide bonds. The highest BCUT2D eigenvalue weighted by Crippen LogP contribution is 2.30. The molecule has 3 aromatic rings. The fourth-order valence-corrected chi connectivity index (χ4v) is 2.90. The van der Waals surface area contributed by atoms with Crippen LogP contribution in [-0.4, -0.2) is 33.6 Å². The summed E-state index contributed by atoms with van der Waals surface area (Å²) in [4.78, 5) is 37.2. The van der Waals surface area contributed by atoms with Gasteiger partial charge in [-0.15, -0.1) is 0 Å². The fourth-order valence-electron chi connectivity index (χ4n) is 2.90. The molecular formula is C19H13F3N2O5. The molecule has 0 bridgehead atoms. The van der Waals surface area contributed by atoms with Gasteiger partial charge in [-0.1, -0.05) is 12.1 Å². The molecule has 0 atom stereocenters. The van der Waals surface area contributed by atoms with Crippen LogP contribution in [0.4, 0.5) is 13.2 Å². The Morgan fingerprint density at radius 3 is 2.52 bits per heavy atom. The average molecular weight is 406 g/mol. The largest absolute Gasteiger partial charge is 0.506 e. The Balaban J connectivity index is 2.14. The molecule has 0 saturated heterocycles. The van der Waals surface area contributed by atoms with Crippen molar-refractivity contribution in [2.75, 3.05) is 6.54 Å². The molecule has 0 aliphatic carbocycles. The molecule has 1 aromatic heterocycles. The number of aromatic amines is 1. The first-order chi connectivity index (χ1) is 13.7. The van der Waals surface area contributed by atoms with E-state index in [4.69, 9.17) is 5.11 Å². The number of aromatic nitrogens is 1. The van der Waals surface area contributed by atoms with Crippen LogP contribution in [-0.2, 0) is 11.2 Å². The topological polar surface area (TPSA) is 119 Å². The van der Waals surface area contributed by atoms with Crippen molar-refractivity contribution in [1.82, 2.24) is 10.3 Å². The van der Waals surface area contributed by atoms with Crippen molar-refractivity contribution < 1.29 is 33.0 Å². The zero-order chi connectivity index (χ0) is 21.3.